The average molecular weight is 348 g/mol. The van der Waals surface area contributed by atoms with Crippen LogP contribution in [0, 0.1) is 5.82 Å². The summed E-state index contributed by atoms with van der Waals surface area (Å²) in [4.78, 5) is 0. The number of hydrogen-bond acceptors (Lipinski definition) is 4. The zero-order valence-corrected chi connectivity index (χ0v) is 14.1. The van der Waals surface area contributed by atoms with E-state index in [2.05, 4.69) is 25.7 Å². The van der Waals surface area contributed by atoms with E-state index in [1.165, 1.54) is 6.07 Å². The molecule has 4 aromatic rings. The van der Waals surface area contributed by atoms with Gasteiger partial charge in [0.1, 0.15) is 12.1 Å². The van der Waals surface area contributed by atoms with Crippen LogP contribution >= 0.6 is 0 Å². The van der Waals surface area contributed by atoms with Crippen LogP contribution in [0.1, 0.15) is 5.56 Å². The molecule has 2 aromatic carbocycles. The fraction of sp³-hybridized carbons (Fsp3) is 0.105. The van der Waals surface area contributed by atoms with Crippen molar-refractivity contribution in [2.45, 2.75) is 6.54 Å². The van der Waals surface area contributed by atoms with E-state index >= 15 is 0 Å². The second-order valence-electron chi connectivity index (χ2n) is 5.95. The van der Waals surface area contributed by atoms with Gasteiger partial charge in [-0.3, -0.25) is 5.10 Å². The van der Waals surface area contributed by atoms with E-state index in [-0.39, 0.29) is 5.82 Å². The third-order valence-corrected chi connectivity index (χ3v) is 4.18. The monoisotopic (exact) mass is 348 g/mol. The Bertz CT molecular complexity index is 1040. The molecule has 2 N–H and O–H groups in total. The minimum atomic E-state index is -0.276. The molecule has 0 bridgehead atoms. The van der Waals surface area contributed by atoms with E-state index in [0.717, 1.165) is 22.6 Å². The molecular formula is C19H17FN6. The first-order valence-electron chi connectivity index (χ1n) is 8.18. The number of rotatable bonds is 5. The number of anilines is 1. The van der Waals surface area contributed by atoms with Gasteiger partial charge in [-0.1, -0.05) is 24.3 Å². The second kappa shape index (κ2) is 6.79. The molecule has 0 fully saturated rings. The summed E-state index contributed by atoms with van der Waals surface area (Å²) in [7, 11) is 1.90. The number of aromatic amines is 1. The number of benzene rings is 2. The SMILES string of the molecule is Cn1cnnc1-c1cccc(NCc2cn[nH]c2-c2ccccc2F)c1. The number of halogens is 1. The molecule has 2 aromatic heterocycles. The highest BCUT2D eigenvalue weighted by Crippen LogP contribution is 2.25. The van der Waals surface area contributed by atoms with Crippen molar-refractivity contribution in [2.24, 2.45) is 7.05 Å². The molecule has 130 valence electrons. The topological polar surface area (TPSA) is 71.4 Å². The van der Waals surface area contributed by atoms with Gasteiger partial charge in [-0.05, 0) is 24.3 Å². The first-order chi connectivity index (χ1) is 12.7. The number of H-pyrrole nitrogens is 1. The van der Waals surface area contributed by atoms with E-state index in [1.54, 1.807) is 30.7 Å². The number of aryl methyl sites for hydroxylation is 1. The summed E-state index contributed by atoms with van der Waals surface area (Å²) >= 11 is 0. The molecule has 0 unspecified atom stereocenters. The molecule has 0 aliphatic rings. The van der Waals surface area contributed by atoms with Crippen LogP contribution in [0.4, 0.5) is 10.1 Å². The van der Waals surface area contributed by atoms with E-state index in [4.69, 9.17) is 0 Å². The lowest BCUT2D eigenvalue weighted by Gasteiger charge is -2.09. The van der Waals surface area contributed by atoms with E-state index in [9.17, 15) is 4.39 Å². The Morgan fingerprint density at radius 2 is 2.04 bits per heavy atom. The summed E-state index contributed by atoms with van der Waals surface area (Å²) in [5.74, 6) is 0.520. The molecule has 6 nitrogen and oxygen atoms in total. The lowest BCUT2D eigenvalue weighted by molar-refractivity contribution is 0.630. The van der Waals surface area contributed by atoms with Crippen LogP contribution in [0.5, 0.6) is 0 Å². The zero-order valence-electron chi connectivity index (χ0n) is 14.1. The van der Waals surface area contributed by atoms with Crippen molar-refractivity contribution in [1.82, 2.24) is 25.0 Å². The number of hydrogen-bond donors (Lipinski definition) is 2. The Morgan fingerprint density at radius 3 is 2.85 bits per heavy atom. The van der Waals surface area contributed by atoms with Gasteiger partial charge in [0, 0.05) is 36.0 Å². The van der Waals surface area contributed by atoms with Crippen molar-refractivity contribution in [3.05, 3.63) is 72.4 Å². The summed E-state index contributed by atoms with van der Waals surface area (Å²) in [5.41, 5.74) is 3.98. The van der Waals surface area contributed by atoms with Crippen LogP contribution in [0.2, 0.25) is 0 Å². The minimum Gasteiger partial charge on any atom is -0.381 e. The summed E-state index contributed by atoms with van der Waals surface area (Å²) in [6.07, 6.45) is 3.38. The Morgan fingerprint density at radius 1 is 1.15 bits per heavy atom. The molecule has 0 radical (unpaired) electrons. The summed E-state index contributed by atoms with van der Waals surface area (Å²) < 4.78 is 15.9. The molecule has 0 aliphatic carbocycles. The Balaban J connectivity index is 1.55. The molecular weight excluding hydrogens is 331 g/mol. The van der Waals surface area contributed by atoms with Crippen molar-refractivity contribution in [3.8, 4) is 22.6 Å². The van der Waals surface area contributed by atoms with Crippen LogP contribution in [0.15, 0.2) is 61.1 Å². The third kappa shape index (κ3) is 3.06. The molecule has 7 heteroatoms. The van der Waals surface area contributed by atoms with Crippen molar-refractivity contribution in [3.63, 3.8) is 0 Å². The second-order valence-corrected chi connectivity index (χ2v) is 5.95. The average Bonchev–Trinajstić information content (AvgIpc) is 3.29. The van der Waals surface area contributed by atoms with Crippen LogP contribution in [-0.2, 0) is 13.6 Å². The third-order valence-electron chi connectivity index (χ3n) is 4.18. The molecule has 0 atom stereocenters. The van der Waals surface area contributed by atoms with Gasteiger partial charge in [0.2, 0.25) is 0 Å². The lowest BCUT2D eigenvalue weighted by Crippen LogP contribution is -2.01. The Hall–Kier alpha value is -3.48. The van der Waals surface area contributed by atoms with Crippen LogP contribution in [-0.4, -0.2) is 25.0 Å². The van der Waals surface area contributed by atoms with Crippen molar-refractivity contribution < 1.29 is 4.39 Å². The zero-order chi connectivity index (χ0) is 17.9. The van der Waals surface area contributed by atoms with Gasteiger partial charge in [-0.25, -0.2) is 4.39 Å². The predicted octanol–water partition coefficient (Wildman–Crippen LogP) is 3.62. The molecule has 0 saturated heterocycles. The van der Waals surface area contributed by atoms with Gasteiger partial charge in [0.15, 0.2) is 5.82 Å². The standard InChI is InChI=1S/C19H17FN6/c1-26-12-23-25-19(26)13-5-4-6-15(9-13)21-10-14-11-22-24-18(14)16-7-2-3-8-17(16)20/h2-9,11-12,21H,10H2,1H3,(H,22,24). The normalized spacial score (nSPS) is 10.8. The predicted molar refractivity (Wildman–Crippen MR) is 97.7 cm³/mol. The van der Waals surface area contributed by atoms with Crippen molar-refractivity contribution >= 4 is 5.69 Å². The highest BCUT2D eigenvalue weighted by Gasteiger charge is 2.12. The van der Waals surface area contributed by atoms with Crippen LogP contribution < -0.4 is 5.32 Å². The van der Waals surface area contributed by atoms with Gasteiger partial charge >= 0.3 is 0 Å². The summed E-state index contributed by atoms with van der Waals surface area (Å²) in [5, 5.41) is 18.4. The van der Waals surface area contributed by atoms with Crippen molar-refractivity contribution in [2.75, 3.05) is 5.32 Å². The first kappa shape index (κ1) is 16.0. The quantitative estimate of drug-likeness (QED) is 0.578. The summed E-state index contributed by atoms with van der Waals surface area (Å²) in [6, 6.07) is 14.6. The van der Waals surface area contributed by atoms with Gasteiger partial charge < -0.3 is 9.88 Å². The molecule has 0 amide bonds. The van der Waals surface area contributed by atoms with E-state index < -0.39 is 0 Å². The van der Waals surface area contributed by atoms with Gasteiger partial charge in [-0.15, -0.1) is 10.2 Å². The van der Waals surface area contributed by atoms with E-state index in [0.29, 0.717) is 17.8 Å². The molecule has 4 rings (SSSR count). The highest BCUT2D eigenvalue weighted by atomic mass is 19.1. The van der Waals surface area contributed by atoms with Gasteiger partial charge in [-0.2, -0.15) is 5.10 Å². The molecule has 0 aliphatic heterocycles. The number of nitrogens with one attached hydrogen (secondary N) is 2. The largest absolute Gasteiger partial charge is 0.381 e. The maximum Gasteiger partial charge on any atom is 0.163 e. The highest BCUT2D eigenvalue weighted by molar-refractivity contribution is 5.65. The minimum absolute atomic E-state index is 0.276. The Kier molecular flexibility index (Phi) is 4.18. The van der Waals surface area contributed by atoms with Gasteiger partial charge in [0.05, 0.1) is 11.9 Å². The Labute approximate surface area is 149 Å². The maximum atomic E-state index is 14.1. The number of aromatic nitrogens is 5. The summed E-state index contributed by atoms with van der Waals surface area (Å²) in [6.45, 7) is 0.516. The fourth-order valence-electron chi connectivity index (χ4n) is 2.85. The molecule has 26 heavy (non-hydrogen) atoms. The maximum absolute atomic E-state index is 14.1. The van der Waals surface area contributed by atoms with Crippen LogP contribution in [0.3, 0.4) is 0 Å². The van der Waals surface area contributed by atoms with Gasteiger partial charge in [0.25, 0.3) is 0 Å². The molecule has 0 spiro atoms. The van der Waals surface area contributed by atoms with Crippen molar-refractivity contribution in [1.29, 1.82) is 0 Å². The van der Waals surface area contributed by atoms with E-state index in [1.807, 2.05) is 35.9 Å². The smallest absolute Gasteiger partial charge is 0.163 e. The van der Waals surface area contributed by atoms with Crippen LogP contribution in [0.25, 0.3) is 22.6 Å². The molecule has 0 saturated carbocycles. The molecule has 2 heterocycles. The number of nitrogens with zero attached hydrogens (tertiary/aromatic N) is 4. The lowest BCUT2D eigenvalue weighted by atomic mass is 10.1. The fourth-order valence-corrected chi connectivity index (χ4v) is 2.85. The first-order valence-corrected chi connectivity index (χ1v) is 8.18.